The molecular formula is C29H31F2N5O4. The third kappa shape index (κ3) is 6.57. The van der Waals surface area contributed by atoms with Gasteiger partial charge in [0.05, 0.1) is 25.6 Å². The van der Waals surface area contributed by atoms with Crippen LogP contribution in [0.25, 0.3) is 27.2 Å². The molecule has 0 aliphatic carbocycles. The standard InChI is InChI=1S/C29H31F2N5O4/c1-29(2,3)40-28(38)34-20-7-6-12-35(16-20)26(37)17-36-27(19-9-11-25(39-5)23(31)14-19)21(15-33-36)18-8-10-24(32-4)22(30)13-18/h8-11,13-15,20H,6-7,12,16-17H2,1-3,5H3,(H,34,38)/t20-/m1/s1. The van der Waals surface area contributed by atoms with Crippen molar-refractivity contribution in [1.29, 1.82) is 0 Å². The third-order valence-electron chi connectivity index (χ3n) is 6.42. The normalized spacial score (nSPS) is 15.3. The molecule has 2 heterocycles. The number of nitrogens with one attached hydrogen (secondary N) is 1. The number of halogens is 2. The summed E-state index contributed by atoms with van der Waals surface area (Å²) in [4.78, 5) is 30.4. The van der Waals surface area contributed by atoms with E-state index in [1.165, 1.54) is 42.3 Å². The zero-order chi connectivity index (χ0) is 29.0. The highest BCUT2D eigenvalue weighted by Gasteiger charge is 2.28. The number of rotatable bonds is 6. The Balaban J connectivity index is 1.62. The van der Waals surface area contributed by atoms with Crippen LogP contribution in [0.4, 0.5) is 19.3 Å². The number of piperidine rings is 1. The van der Waals surface area contributed by atoms with Gasteiger partial charge in [0, 0.05) is 30.3 Å². The summed E-state index contributed by atoms with van der Waals surface area (Å²) in [5.74, 6) is -1.49. The first kappa shape index (κ1) is 28.5. The van der Waals surface area contributed by atoms with E-state index in [0.717, 1.165) is 0 Å². The summed E-state index contributed by atoms with van der Waals surface area (Å²) in [7, 11) is 1.36. The third-order valence-corrected chi connectivity index (χ3v) is 6.42. The summed E-state index contributed by atoms with van der Waals surface area (Å²) in [6.45, 7) is 13.1. The summed E-state index contributed by atoms with van der Waals surface area (Å²) >= 11 is 0. The number of aromatic nitrogens is 2. The maximum absolute atomic E-state index is 14.7. The largest absolute Gasteiger partial charge is 0.494 e. The molecule has 9 nitrogen and oxygen atoms in total. The van der Waals surface area contributed by atoms with Crippen LogP contribution in [0.15, 0.2) is 42.6 Å². The number of ether oxygens (including phenoxy) is 2. The van der Waals surface area contributed by atoms with Crippen LogP contribution < -0.4 is 10.1 Å². The average molecular weight is 552 g/mol. The molecule has 1 fully saturated rings. The van der Waals surface area contributed by atoms with E-state index in [-0.39, 0.29) is 29.9 Å². The predicted octanol–water partition coefficient (Wildman–Crippen LogP) is 5.57. The summed E-state index contributed by atoms with van der Waals surface area (Å²) in [5.41, 5.74) is 0.956. The molecule has 1 atom stereocenters. The van der Waals surface area contributed by atoms with Gasteiger partial charge >= 0.3 is 6.09 Å². The Morgan fingerprint density at radius 2 is 1.88 bits per heavy atom. The van der Waals surface area contributed by atoms with Crippen LogP contribution >= 0.6 is 0 Å². The SMILES string of the molecule is [C-]#[N+]c1ccc(-c2cnn(CC(=O)N3CCC[C@@H](NC(=O)OC(C)(C)C)C3)c2-c2ccc(OC)c(F)c2)cc1F. The van der Waals surface area contributed by atoms with Crippen LogP contribution in [0.5, 0.6) is 5.75 Å². The summed E-state index contributed by atoms with van der Waals surface area (Å²) in [5, 5.41) is 7.23. The molecule has 4 rings (SSSR count). The van der Waals surface area contributed by atoms with E-state index < -0.39 is 23.3 Å². The lowest BCUT2D eigenvalue weighted by atomic mass is 10.0. The number of carbonyl (C=O) groups excluding carboxylic acids is 2. The molecule has 0 radical (unpaired) electrons. The van der Waals surface area contributed by atoms with Crippen molar-refractivity contribution in [3.8, 4) is 28.1 Å². The lowest BCUT2D eigenvalue weighted by Gasteiger charge is -2.33. The molecule has 1 aliphatic heterocycles. The van der Waals surface area contributed by atoms with Gasteiger partial charge in [-0.15, -0.1) is 0 Å². The zero-order valence-corrected chi connectivity index (χ0v) is 22.8. The van der Waals surface area contributed by atoms with Crippen LogP contribution in [-0.4, -0.2) is 58.5 Å². The van der Waals surface area contributed by atoms with E-state index in [0.29, 0.717) is 48.3 Å². The van der Waals surface area contributed by atoms with Gasteiger partial charge in [0.15, 0.2) is 11.6 Å². The predicted molar refractivity (Wildman–Crippen MR) is 145 cm³/mol. The minimum Gasteiger partial charge on any atom is -0.494 e. The van der Waals surface area contributed by atoms with Gasteiger partial charge in [0.2, 0.25) is 11.6 Å². The van der Waals surface area contributed by atoms with E-state index in [2.05, 4.69) is 15.3 Å². The molecule has 0 spiro atoms. The van der Waals surface area contributed by atoms with E-state index in [1.54, 1.807) is 37.8 Å². The van der Waals surface area contributed by atoms with E-state index >= 15 is 0 Å². The second-order valence-electron chi connectivity index (χ2n) is 10.5. The number of hydrogen-bond acceptors (Lipinski definition) is 5. The number of carbonyl (C=O) groups is 2. The first-order valence-electron chi connectivity index (χ1n) is 12.8. The van der Waals surface area contributed by atoms with Gasteiger partial charge < -0.3 is 19.7 Å². The summed E-state index contributed by atoms with van der Waals surface area (Å²) in [6.07, 6.45) is 2.35. The quantitative estimate of drug-likeness (QED) is 0.405. The fraction of sp³-hybridized carbons (Fsp3) is 0.379. The van der Waals surface area contributed by atoms with Crippen LogP contribution in [0.3, 0.4) is 0 Å². The maximum Gasteiger partial charge on any atom is 0.407 e. The highest BCUT2D eigenvalue weighted by molar-refractivity contribution is 5.84. The van der Waals surface area contributed by atoms with Crippen molar-refractivity contribution < 1.29 is 27.8 Å². The Morgan fingerprint density at radius 1 is 1.15 bits per heavy atom. The van der Waals surface area contributed by atoms with Gasteiger partial charge in [-0.1, -0.05) is 12.1 Å². The second kappa shape index (κ2) is 11.7. The van der Waals surface area contributed by atoms with Crippen LogP contribution in [0.1, 0.15) is 33.6 Å². The van der Waals surface area contributed by atoms with Crippen LogP contribution in [-0.2, 0) is 16.1 Å². The summed E-state index contributed by atoms with van der Waals surface area (Å²) < 4.78 is 41.0. The first-order chi connectivity index (χ1) is 19.0. The van der Waals surface area contributed by atoms with Crippen LogP contribution in [0, 0.1) is 18.2 Å². The molecule has 2 aromatic carbocycles. The molecule has 1 N–H and O–H groups in total. The number of nitrogens with zero attached hydrogens (tertiary/aromatic N) is 4. The van der Waals surface area contributed by atoms with Crippen molar-refractivity contribution >= 4 is 17.7 Å². The van der Waals surface area contributed by atoms with Crippen molar-refractivity contribution in [3.05, 3.63) is 65.6 Å². The van der Waals surface area contributed by atoms with Crippen LogP contribution in [0.2, 0.25) is 0 Å². The van der Waals surface area contributed by atoms with Crippen molar-refractivity contribution in [2.45, 2.75) is 51.8 Å². The van der Waals surface area contributed by atoms with Gasteiger partial charge in [0.25, 0.3) is 0 Å². The number of likely N-dealkylation sites (tertiary alicyclic amines) is 1. The van der Waals surface area contributed by atoms with Gasteiger partial charge in [-0.25, -0.2) is 18.4 Å². The van der Waals surface area contributed by atoms with Crippen molar-refractivity contribution in [3.63, 3.8) is 0 Å². The Bertz CT molecular complexity index is 1460. The fourth-order valence-electron chi connectivity index (χ4n) is 4.62. The maximum atomic E-state index is 14.7. The Hall–Kier alpha value is -4.46. The fourth-order valence-corrected chi connectivity index (χ4v) is 4.62. The molecule has 1 aromatic heterocycles. The van der Waals surface area contributed by atoms with Crippen molar-refractivity contribution in [2.24, 2.45) is 0 Å². The number of benzene rings is 2. The summed E-state index contributed by atoms with van der Waals surface area (Å²) in [6, 6.07) is 8.27. The van der Waals surface area contributed by atoms with Crippen molar-refractivity contribution in [1.82, 2.24) is 20.0 Å². The monoisotopic (exact) mass is 551 g/mol. The Labute approximate surface area is 231 Å². The van der Waals surface area contributed by atoms with E-state index in [1.807, 2.05) is 0 Å². The van der Waals surface area contributed by atoms with Gasteiger partial charge in [-0.2, -0.15) is 5.10 Å². The molecule has 210 valence electrons. The lowest BCUT2D eigenvalue weighted by Crippen LogP contribution is -2.51. The minimum absolute atomic E-state index is 0.0525. The number of methoxy groups -OCH3 is 1. The molecule has 0 unspecified atom stereocenters. The van der Waals surface area contributed by atoms with Gasteiger partial charge in [-0.3, -0.25) is 9.48 Å². The molecule has 1 saturated heterocycles. The highest BCUT2D eigenvalue weighted by Crippen LogP contribution is 2.36. The average Bonchev–Trinajstić information content (AvgIpc) is 3.31. The molecule has 1 aliphatic rings. The Morgan fingerprint density at radius 3 is 2.52 bits per heavy atom. The zero-order valence-electron chi connectivity index (χ0n) is 22.8. The van der Waals surface area contributed by atoms with Crippen molar-refractivity contribution in [2.75, 3.05) is 20.2 Å². The number of amides is 2. The smallest absolute Gasteiger partial charge is 0.407 e. The van der Waals surface area contributed by atoms with Gasteiger partial charge in [-0.05, 0) is 63.4 Å². The lowest BCUT2D eigenvalue weighted by molar-refractivity contribution is -0.133. The molecule has 40 heavy (non-hydrogen) atoms. The number of alkyl carbamates (subject to hydrolysis) is 1. The molecule has 0 bridgehead atoms. The highest BCUT2D eigenvalue weighted by atomic mass is 19.1. The Kier molecular flexibility index (Phi) is 8.38. The number of hydrogen-bond donors (Lipinski definition) is 1. The van der Waals surface area contributed by atoms with E-state index in [9.17, 15) is 18.4 Å². The second-order valence-corrected chi connectivity index (χ2v) is 10.5. The topological polar surface area (TPSA) is 90.1 Å². The molecule has 0 saturated carbocycles. The molecule has 3 aromatic rings. The minimum atomic E-state index is -0.694. The van der Waals surface area contributed by atoms with Gasteiger partial charge in [0.1, 0.15) is 18.0 Å². The first-order valence-corrected chi connectivity index (χ1v) is 12.8. The molecular weight excluding hydrogens is 520 g/mol. The molecule has 2 amide bonds. The van der Waals surface area contributed by atoms with E-state index in [4.69, 9.17) is 16.0 Å². The molecule has 11 heteroatoms.